The summed E-state index contributed by atoms with van der Waals surface area (Å²) in [6.07, 6.45) is 6.18. The Hall–Kier alpha value is -0.160. The van der Waals surface area contributed by atoms with E-state index in [1.165, 1.54) is 38.5 Å². The summed E-state index contributed by atoms with van der Waals surface area (Å²) in [4.78, 5) is 2.09. The highest BCUT2D eigenvalue weighted by molar-refractivity contribution is 4.91. The van der Waals surface area contributed by atoms with Crippen molar-refractivity contribution >= 4 is 0 Å². The Morgan fingerprint density at radius 2 is 1.47 bits per heavy atom. The summed E-state index contributed by atoms with van der Waals surface area (Å²) < 4.78 is 0. The van der Waals surface area contributed by atoms with Gasteiger partial charge in [-0.05, 0) is 19.9 Å². The van der Waals surface area contributed by atoms with Crippen molar-refractivity contribution in [2.24, 2.45) is 0 Å². The molecule has 1 aliphatic heterocycles. The molecule has 4 nitrogen and oxygen atoms in total. The molecule has 0 bridgehead atoms. The summed E-state index contributed by atoms with van der Waals surface area (Å²) in [6, 6.07) is -0.0708. The quantitative estimate of drug-likeness (QED) is 0.587. The van der Waals surface area contributed by atoms with Crippen molar-refractivity contribution in [2.75, 3.05) is 13.1 Å². The van der Waals surface area contributed by atoms with Gasteiger partial charge in [-0.1, -0.05) is 45.4 Å². The van der Waals surface area contributed by atoms with E-state index in [4.69, 9.17) is 0 Å². The van der Waals surface area contributed by atoms with Crippen LogP contribution in [0.1, 0.15) is 58.8 Å². The molecule has 0 amide bonds. The number of piperidine rings is 1. The van der Waals surface area contributed by atoms with E-state index in [1.807, 2.05) is 6.92 Å². The first kappa shape index (κ1) is 16.9. The Labute approximate surface area is 117 Å². The van der Waals surface area contributed by atoms with Gasteiger partial charge in [0.2, 0.25) is 0 Å². The molecule has 4 heteroatoms. The molecule has 3 N–H and O–H groups in total. The van der Waals surface area contributed by atoms with Crippen molar-refractivity contribution in [3.63, 3.8) is 0 Å². The van der Waals surface area contributed by atoms with Gasteiger partial charge >= 0.3 is 0 Å². The number of aliphatic hydroxyl groups is 3. The maximum Gasteiger partial charge on any atom is 0.108 e. The van der Waals surface area contributed by atoms with Crippen molar-refractivity contribution in [3.05, 3.63) is 0 Å². The van der Waals surface area contributed by atoms with Crippen molar-refractivity contribution in [1.82, 2.24) is 4.90 Å². The fourth-order valence-electron chi connectivity index (χ4n) is 2.81. The summed E-state index contributed by atoms with van der Waals surface area (Å²) in [6.45, 7) is 5.51. The minimum Gasteiger partial charge on any atom is -0.389 e. The number of rotatable bonds is 8. The van der Waals surface area contributed by atoms with E-state index in [0.29, 0.717) is 6.54 Å². The van der Waals surface area contributed by atoms with Crippen LogP contribution in [0.25, 0.3) is 0 Å². The third-order valence-corrected chi connectivity index (χ3v) is 4.28. The zero-order valence-corrected chi connectivity index (χ0v) is 12.5. The van der Waals surface area contributed by atoms with Gasteiger partial charge in [-0.2, -0.15) is 0 Å². The van der Waals surface area contributed by atoms with Crippen LogP contribution in [0.3, 0.4) is 0 Å². The molecule has 1 aliphatic rings. The number of likely N-dealkylation sites (tertiary alicyclic amines) is 1. The lowest BCUT2D eigenvalue weighted by molar-refractivity contribution is -0.133. The number of nitrogens with zero attached hydrogens (tertiary/aromatic N) is 1. The molecule has 4 atom stereocenters. The second kappa shape index (κ2) is 8.90. The third kappa shape index (κ3) is 5.38. The number of hydrogen-bond donors (Lipinski definition) is 3. The molecule has 0 aliphatic carbocycles. The molecule has 0 spiro atoms. The van der Waals surface area contributed by atoms with Crippen LogP contribution in [0, 0.1) is 0 Å². The fourth-order valence-corrected chi connectivity index (χ4v) is 2.81. The van der Waals surface area contributed by atoms with Crippen molar-refractivity contribution < 1.29 is 15.3 Å². The van der Waals surface area contributed by atoms with Crippen LogP contribution in [0.5, 0.6) is 0 Å². The lowest BCUT2D eigenvalue weighted by Gasteiger charge is -2.42. The first-order valence-electron chi connectivity index (χ1n) is 7.86. The second-order valence-electron chi connectivity index (χ2n) is 5.91. The topological polar surface area (TPSA) is 63.9 Å². The van der Waals surface area contributed by atoms with Crippen LogP contribution in [-0.4, -0.2) is 57.7 Å². The van der Waals surface area contributed by atoms with E-state index in [0.717, 1.165) is 13.0 Å². The molecular weight excluding hydrogens is 242 g/mol. The van der Waals surface area contributed by atoms with E-state index in [-0.39, 0.29) is 6.04 Å². The van der Waals surface area contributed by atoms with Crippen LogP contribution in [0.15, 0.2) is 0 Å². The van der Waals surface area contributed by atoms with E-state index in [9.17, 15) is 15.3 Å². The zero-order chi connectivity index (χ0) is 14.3. The van der Waals surface area contributed by atoms with Gasteiger partial charge in [0.05, 0.1) is 12.2 Å². The van der Waals surface area contributed by atoms with Crippen molar-refractivity contribution in [2.45, 2.75) is 83.1 Å². The number of β-amino-alcohol motifs (C(OH)–C–C–N with tert-alkyl or cyclic N) is 1. The van der Waals surface area contributed by atoms with Crippen molar-refractivity contribution in [1.29, 1.82) is 0 Å². The second-order valence-corrected chi connectivity index (χ2v) is 5.91. The SMILES string of the molecule is CCCCCCCCCN1C[C@H](O)[C@@H](O)[C@@H](O)[C@H]1C. The predicted molar refractivity (Wildman–Crippen MR) is 77.0 cm³/mol. The monoisotopic (exact) mass is 273 g/mol. The molecular formula is C15H31NO3. The summed E-state index contributed by atoms with van der Waals surface area (Å²) in [5.41, 5.74) is 0. The minimum atomic E-state index is -1.000. The average molecular weight is 273 g/mol. The van der Waals surface area contributed by atoms with Gasteiger partial charge in [0.15, 0.2) is 0 Å². The summed E-state index contributed by atoms with van der Waals surface area (Å²) >= 11 is 0. The molecule has 19 heavy (non-hydrogen) atoms. The lowest BCUT2D eigenvalue weighted by Crippen LogP contribution is -2.60. The van der Waals surface area contributed by atoms with E-state index in [1.54, 1.807) is 0 Å². The zero-order valence-electron chi connectivity index (χ0n) is 12.5. The van der Waals surface area contributed by atoms with Crippen LogP contribution in [0.2, 0.25) is 0 Å². The Balaban J connectivity index is 2.15. The van der Waals surface area contributed by atoms with Crippen LogP contribution < -0.4 is 0 Å². The number of unbranched alkanes of at least 4 members (excludes halogenated alkanes) is 6. The summed E-state index contributed by atoms with van der Waals surface area (Å²) in [7, 11) is 0. The molecule has 1 rings (SSSR count). The standard InChI is InChI=1S/C15H31NO3/c1-3-4-5-6-7-8-9-10-16-11-13(17)15(19)14(18)12(16)2/h12-15,17-19H,3-11H2,1-2H3/t12-,13+,14+,15-/m1/s1. The lowest BCUT2D eigenvalue weighted by atomic mass is 9.94. The van der Waals surface area contributed by atoms with E-state index in [2.05, 4.69) is 11.8 Å². The number of aliphatic hydroxyl groups excluding tert-OH is 3. The average Bonchev–Trinajstić information content (AvgIpc) is 2.41. The van der Waals surface area contributed by atoms with Gasteiger partial charge in [-0.3, -0.25) is 4.90 Å². The molecule has 1 fully saturated rings. The highest BCUT2D eigenvalue weighted by Gasteiger charge is 2.38. The van der Waals surface area contributed by atoms with Gasteiger partial charge in [-0.15, -0.1) is 0 Å². The minimum absolute atomic E-state index is 0.0708. The predicted octanol–water partition coefficient (Wildman–Crippen LogP) is 1.52. The Kier molecular flexibility index (Phi) is 7.91. The molecule has 0 saturated carbocycles. The molecule has 1 heterocycles. The van der Waals surface area contributed by atoms with E-state index < -0.39 is 18.3 Å². The normalized spacial score (nSPS) is 32.7. The Morgan fingerprint density at radius 3 is 2.11 bits per heavy atom. The van der Waals surface area contributed by atoms with Gasteiger partial charge in [-0.25, -0.2) is 0 Å². The fraction of sp³-hybridized carbons (Fsp3) is 1.00. The van der Waals surface area contributed by atoms with Gasteiger partial charge in [0.1, 0.15) is 6.10 Å². The Bertz CT molecular complexity index is 237. The third-order valence-electron chi connectivity index (χ3n) is 4.28. The molecule has 114 valence electrons. The Morgan fingerprint density at radius 1 is 0.895 bits per heavy atom. The van der Waals surface area contributed by atoms with Crippen LogP contribution >= 0.6 is 0 Å². The van der Waals surface area contributed by atoms with Crippen molar-refractivity contribution in [3.8, 4) is 0 Å². The first-order valence-corrected chi connectivity index (χ1v) is 7.86. The molecule has 0 aromatic carbocycles. The maximum atomic E-state index is 9.84. The molecule has 0 aromatic heterocycles. The van der Waals surface area contributed by atoms with Crippen LogP contribution in [0.4, 0.5) is 0 Å². The largest absolute Gasteiger partial charge is 0.389 e. The van der Waals surface area contributed by atoms with Gasteiger partial charge < -0.3 is 15.3 Å². The summed E-state index contributed by atoms with van der Waals surface area (Å²) in [5.74, 6) is 0. The first-order chi connectivity index (χ1) is 9.07. The van der Waals surface area contributed by atoms with Crippen LogP contribution in [-0.2, 0) is 0 Å². The van der Waals surface area contributed by atoms with Gasteiger partial charge in [0.25, 0.3) is 0 Å². The molecule has 1 saturated heterocycles. The van der Waals surface area contributed by atoms with Gasteiger partial charge in [0, 0.05) is 12.6 Å². The van der Waals surface area contributed by atoms with E-state index >= 15 is 0 Å². The highest BCUT2D eigenvalue weighted by atomic mass is 16.4. The molecule has 0 radical (unpaired) electrons. The molecule has 0 aromatic rings. The summed E-state index contributed by atoms with van der Waals surface area (Å²) in [5, 5.41) is 29.1. The molecule has 0 unspecified atom stereocenters. The smallest absolute Gasteiger partial charge is 0.108 e. The number of hydrogen-bond acceptors (Lipinski definition) is 4. The highest BCUT2D eigenvalue weighted by Crippen LogP contribution is 2.19. The maximum absolute atomic E-state index is 9.84.